The summed E-state index contributed by atoms with van der Waals surface area (Å²) in [5.74, 6) is -0.421. The fraction of sp³-hybridized carbons (Fsp3) is 0.611. The van der Waals surface area contributed by atoms with Gasteiger partial charge in [0.05, 0.1) is 24.5 Å². The molecule has 0 aromatic carbocycles. The van der Waals surface area contributed by atoms with Crippen molar-refractivity contribution < 1.29 is 23.9 Å². The molecule has 0 fully saturated rings. The molecule has 1 rings (SSSR count). The van der Waals surface area contributed by atoms with E-state index >= 15 is 0 Å². The summed E-state index contributed by atoms with van der Waals surface area (Å²) in [5.41, 5.74) is 1.64. The van der Waals surface area contributed by atoms with Gasteiger partial charge in [-0.3, -0.25) is 4.79 Å². The molecule has 0 saturated carbocycles. The highest BCUT2D eigenvalue weighted by atomic mass is 32.2. The zero-order valence-electron chi connectivity index (χ0n) is 16.1. The van der Waals surface area contributed by atoms with Crippen LogP contribution in [-0.4, -0.2) is 47.8 Å². The van der Waals surface area contributed by atoms with Gasteiger partial charge in [0.2, 0.25) is 5.91 Å². The topological polar surface area (TPSA) is 97.5 Å². The van der Waals surface area contributed by atoms with Gasteiger partial charge in [0, 0.05) is 17.5 Å². The van der Waals surface area contributed by atoms with Gasteiger partial charge in [0.1, 0.15) is 5.69 Å². The van der Waals surface area contributed by atoms with Crippen molar-refractivity contribution in [1.82, 2.24) is 10.3 Å². The number of aromatic amines is 1. The van der Waals surface area contributed by atoms with E-state index in [4.69, 9.17) is 9.47 Å². The Bertz CT molecular complexity index is 642. The van der Waals surface area contributed by atoms with E-state index in [2.05, 4.69) is 10.3 Å². The van der Waals surface area contributed by atoms with E-state index in [0.717, 1.165) is 6.42 Å². The molecule has 0 unspecified atom stereocenters. The molecule has 1 amide bonds. The molecule has 1 atom stereocenters. The Morgan fingerprint density at radius 3 is 2.31 bits per heavy atom. The summed E-state index contributed by atoms with van der Waals surface area (Å²) in [6.45, 7) is 9.55. The van der Waals surface area contributed by atoms with Gasteiger partial charge in [-0.1, -0.05) is 6.92 Å². The Kier molecular flexibility index (Phi) is 9.26. The highest BCUT2D eigenvalue weighted by Gasteiger charge is 2.25. The van der Waals surface area contributed by atoms with Gasteiger partial charge in [0.25, 0.3) is 0 Å². The lowest BCUT2D eigenvalue weighted by molar-refractivity contribution is -0.119. The minimum absolute atomic E-state index is 0.0593. The SMILES string of the molecule is CCOC(=O)c1[nH]c(CSCC(=O)N[C@@H](C)CC)c(C(=O)OCC)c1C. The molecule has 8 heteroatoms. The van der Waals surface area contributed by atoms with Gasteiger partial charge in [-0.05, 0) is 39.7 Å². The fourth-order valence-corrected chi connectivity index (χ4v) is 3.11. The van der Waals surface area contributed by atoms with E-state index in [1.54, 1.807) is 20.8 Å². The maximum atomic E-state index is 12.3. The second kappa shape index (κ2) is 10.9. The Hall–Kier alpha value is -1.96. The maximum Gasteiger partial charge on any atom is 0.355 e. The number of H-pyrrole nitrogens is 1. The van der Waals surface area contributed by atoms with Crippen LogP contribution in [0.25, 0.3) is 0 Å². The first-order chi connectivity index (χ1) is 12.3. The standard InChI is InChI=1S/C18H28N2O5S/c1-6-11(4)19-14(21)10-26-9-13-15(17(22)24-7-2)12(5)16(20-13)18(23)25-8-3/h11,20H,6-10H2,1-5H3,(H,19,21)/t11-/m0/s1. The summed E-state index contributed by atoms with van der Waals surface area (Å²) in [5, 5.41) is 2.89. The summed E-state index contributed by atoms with van der Waals surface area (Å²) < 4.78 is 10.1. The number of ether oxygens (including phenoxy) is 2. The van der Waals surface area contributed by atoms with Crippen LogP contribution in [0.5, 0.6) is 0 Å². The van der Waals surface area contributed by atoms with Gasteiger partial charge >= 0.3 is 11.9 Å². The largest absolute Gasteiger partial charge is 0.462 e. The minimum atomic E-state index is -0.513. The number of amides is 1. The molecule has 0 aliphatic heterocycles. The molecular weight excluding hydrogens is 356 g/mol. The average molecular weight is 384 g/mol. The quantitative estimate of drug-likeness (QED) is 0.602. The molecule has 26 heavy (non-hydrogen) atoms. The first-order valence-corrected chi connectivity index (χ1v) is 9.93. The van der Waals surface area contributed by atoms with Crippen molar-refractivity contribution >= 4 is 29.6 Å². The first-order valence-electron chi connectivity index (χ1n) is 8.78. The van der Waals surface area contributed by atoms with Crippen LogP contribution < -0.4 is 5.32 Å². The molecule has 2 N–H and O–H groups in total. The molecule has 1 aromatic rings. The van der Waals surface area contributed by atoms with E-state index in [1.807, 2.05) is 13.8 Å². The van der Waals surface area contributed by atoms with E-state index in [-0.39, 0.29) is 36.6 Å². The van der Waals surface area contributed by atoms with E-state index in [0.29, 0.717) is 22.6 Å². The lowest BCUT2D eigenvalue weighted by Crippen LogP contribution is -2.33. The third-order valence-corrected chi connectivity index (χ3v) is 4.75. The number of nitrogens with one attached hydrogen (secondary N) is 2. The summed E-state index contributed by atoms with van der Waals surface area (Å²) in [4.78, 5) is 39.2. The van der Waals surface area contributed by atoms with Gasteiger partial charge in [0.15, 0.2) is 0 Å². The van der Waals surface area contributed by atoms with Crippen molar-refractivity contribution in [3.8, 4) is 0 Å². The predicted octanol–water partition coefficient (Wildman–Crippen LogP) is 2.82. The summed E-state index contributed by atoms with van der Waals surface area (Å²) in [7, 11) is 0. The minimum Gasteiger partial charge on any atom is -0.462 e. The first kappa shape index (κ1) is 22.1. The molecule has 0 aliphatic carbocycles. The molecule has 0 bridgehead atoms. The Labute approximate surface area is 158 Å². The van der Waals surface area contributed by atoms with Crippen molar-refractivity contribution in [1.29, 1.82) is 0 Å². The highest BCUT2D eigenvalue weighted by Crippen LogP contribution is 2.24. The van der Waals surface area contributed by atoms with Crippen LogP contribution in [0, 0.1) is 6.92 Å². The molecule has 0 radical (unpaired) electrons. The van der Waals surface area contributed by atoms with E-state index in [1.165, 1.54) is 11.8 Å². The van der Waals surface area contributed by atoms with Crippen molar-refractivity contribution in [2.75, 3.05) is 19.0 Å². The average Bonchev–Trinajstić information content (AvgIpc) is 2.91. The van der Waals surface area contributed by atoms with E-state index in [9.17, 15) is 14.4 Å². The van der Waals surface area contributed by atoms with Crippen LogP contribution in [0.15, 0.2) is 0 Å². The van der Waals surface area contributed by atoms with Gasteiger partial charge in [-0.25, -0.2) is 9.59 Å². The van der Waals surface area contributed by atoms with Crippen LogP contribution >= 0.6 is 11.8 Å². The number of carbonyl (C=O) groups excluding carboxylic acids is 3. The van der Waals surface area contributed by atoms with Crippen molar-refractivity contribution in [3.63, 3.8) is 0 Å². The predicted molar refractivity (Wildman–Crippen MR) is 102 cm³/mol. The van der Waals surface area contributed by atoms with Crippen LogP contribution in [0.3, 0.4) is 0 Å². The van der Waals surface area contributed by atoms with Crippen LogP contribution in [0.1, 0.15) is 66.2 Å². The Morgan fingerprint density at radius 1 is 1.12 bits per heavy atom. The zero-order chi connectivity index (χ0) is 19.7. The Balaban J connectivity index is 2.90. The molecule has 7 nitrogen and oxygen atoms in total. The second-order valence-corrected chi connectivity index (χ2v) is 6.77. The molecule has 0 spiro atoms. The highest BCUT2D eigenvalue weighted by molar-refractivity contribution is 7.99. The van der Waals surface area contributed by atoms with Crippen LogP contribution in [0.4, 0.5) is 0 Å². The van der Waals surface area contributed by atoms with Crippen molar-refractivity contribution in [2.24, 2.45) is 0 Å². The Morgan fingerprint density at radius 2 is 1.73 bits per heavy atom. The fourth-order valence-electron chi connectivity index (χ4n) is 2.32. The number of hydrogen-bond donors (Lipinski definition) is 2. The van der Waals surface area contributed by atoms with Crippen LogP contribution in [-0.2, 0) is 20.0 Å². The maximum absolute atomic E-state index is 12.3. The third kappa shape index (κ3) is 6.09. The smallest absolute Gasteiger partial charge is 0.355 e. The number of rotatable bonds is 10. The van der Waals surface area contributed by atoms with Crippen molar-refractivity contribution in [2.45, 2.75) is 52.8 Å². The van der Waals surface area contributed by atoms with Gasteiger partial charge < -0.3 is 19.8 Å². The number of esters is 2. The summed E-state index contributed by atoms with van der Waals surface area (Å²) >= 11 is 1.36. The van der Waals surface area contributed by atoms with Gasteiger partial charge in [-0.15, -0.1) is 11.8 Å². The van der Waals surface area contributed by atoms with Crippen LogP contribution in [0.2, 0.25) is 0 Å². The molecule has 1 heterocycles. The number of aromatic nitrogens is 1. The summed E-state index contributed by atoms with van der Waals surface area (Å²) in [6.07, 6.45) is 0.863. The summed E-state index contributed by atoms with van der Waals surface area (Å²) in [6, 6.07) is 0.126. The molecule has 1 aromatic heterocycles. The normalized spacial score (nSPS) is 11.7. The number of hydrogen-bond acceptors (Lipinski definition) is 6. The lowest BCUT2D eigenvalue weighted by Gasteiger charge is -2.11. The molecule has 146 valence electrons. The molecule has 0 aliphatic rings. The lowest BCUT2D eigenvalue weighted by atomic mass is 10.1. The molecular formula is C18H28N2O5S. The number of carbonyl (C=O) groups is 3. The third-order valence-electron chi connectivity index (χ3n) is 3.79. The number of thioether (sulfide) groups is 1. The van der Waals surface area contributed by atoms with Gasteiger partial charge in [-0.2, -0.15) is 0 Å². The molecule has 0 saturated heterocycles. The van der Waals surface area contributed by atoms with Crippen molar-refractivity contribution in [3.05, 3.63) is 22.5 Å². The second-order valence-electron chi connectivity index (χ2n) is 5.79. The monoisotopic (exact) mass is 384 g/mol. The zero-order valence-corrected chi connectivity index (χ0v) is 16.9. The van der Waals surface area contributed by atoms with E-state index < -0.39 is 11.9 Å².